The van der Waals surface area contributed by atoms with E-state index >= 15 is 0 Å². The maximum atomic E-state index is 6.32. The Kier molecular flexibility index (Phi) is 2.60. The average Bonchev–Trinajstić information content (AvgIpc) is 2.67. The van der Waals surface area contributed by atoms with E-state index in [0.717, 1.165) is 11.4 Å². The van der Waals surface area contributed by atoms with Gasteiger partial charge in [-0.25, -0.2) is 0 Å². The molecule has 0 saturated carbocycles. The zero-order valence-electron chi connectivity index (χ0n) is 10.7. The van der Waals surface area contributed by atoms with Crippen LogP contribution >= 0.6 is 11.6 Å². The summed E-state index contributed by atoms with van der Waals surface area (Å²) in [5.74, 6) is 0. The standard InChI is InChI=1S/C16H16ClN/c1-16(12-7-4-3-5-8-12)11-13-14(17)9-6-10-15(13)18(16)2/h3-10H,11H2,1-2H3. The molecular weight excluding hydrogens is 242 g/mol. The average molecular weight is 258 g/mol. The molecule has 0 N–H and O–H groups in total. The number of likely N-dealkylation sites (N-methyl/N-ethyl adjacent to an activating group) is 1. The number of benzene rings is 2. The van der Waals surface area contributed by atoms with E-state index in [0.29, 0.717) is 0 Å². The molecule has 2 aromatic carbocycles. The van der Waals surface area contributed by atoms with E-state index in [1.807, 2.05) is 12.1 Å². The Balaban J connectivity index is 2.12. The molecule has 1 aliphatic heterocycles. The Bertz CT molecular complexity index is 579. The first-order valence-corrected chi connectivity index (χ1v) is 6.57. The van der Waals surface area contributed by atoms with E-state index in [1.165, 1.54) is 16.8 Å². The number of anilines is 1. The molecule has 1 atom stereocenters. The third-order valence-electron chi connectivity index (χ3n) is 4.11. The normalized spacial score (nSPS) is 22.1. The Hall–Kier alpha value is -1.47. The Labute approximate surface area is 113 Å². The molecule has 18 heavy (non-hydrogen) atoms. The first-order chi connectivity index (χ1) is 8.63. The molecule has 0 aliphatic carbocycles. The van der Waals surface area contributed by atoms with Crippen LogP contribution in [0.4, 0.5) is 5.69 Å². The van der Waals surface area contributed by atoms with E-state index in [4.69, 9.17) is 11.6 Å². The number of nitrogens with zero attached hydrogens (tertiary/aromatic N) is 1. The van der Waals surface area contributed by atoms with Gasteiger partial charge in [-0.2, -0.15) is 0 Å². The Morgan fingerprint density at radius 1 is 1.06 bits per heavy atom. The molecule has 0 saturated heterocycles. The zero-order valence-corrected chi connectivity index (χ0v) is 11.4. The molecular formula is C16H16ClN. The van der Waals surface area contributed by atoms with Crippen LogP contribution in [0.15, 0.2) is 48.5 Å². The summed E-state index contributed by atoms with van der Waals surface area (Å²) in [6.07, 6.45) is 0.961. The Morgan fingerprint density at radius 2 is 1.78 bits per heavy atom. The van der Waals surface area contributed by atoms with Gasteiger partial charge in [0, 0.05) is 24.2 Å². The summed E-state index contributed by atoms with van der Waals surface area (Å²) in [5.41, 5.74) is 3.83. The number of hydrogen-bond acceptors (Lipinski definition) is 1. The largest absolute Gasteiger partial charge is 0.365 e. The van der Waals surface area contributed by atoms with Crippen molar-refractivity contribution in [3.8, 4) is 0 Å². The van der Waals surface area contributed by atoms with Crippen molar-refractivity contribution in [2.24, 2.45) is 0 Å². The van der Waals surface area contributed by atoms with Gasteiger partial charge in [0.1, 0.15) is 0 Å². The highest BCUT2D eigenvalue weighted by atomic mass is 35.5. The molecule has 0 radical (unpaired) electrons. The van der Waals surface area contributed by atoms with Crippen LogP contribution in [0.25, 0.3) is 0 Å². The second-order valence-electron chi connectivity index (χ2n) is 5.11. The van der Waals surface area contributed by atoms with E-state index in [-0.39, 0.29) is 5.54 Å². The molecule has 1 unspecified atom stereocenters. The number of hydrogen-bond donors (Lipinski definition) is 0. The van der Waals surface area contributed by atoms with Crippen LogP contribution in [0, 0.1) is 0 Å². The fraction of sp³-hybridized carbons (Fsp3) is 0.250. The van der Waals surface area contributed by atoms with E-state index in [2.05, 4.69) is 55.3 Å². The van der Waals surface area contributed by atoms with Crippen LogP contribution in [0.2, 0.25) is 5.02 Å². The molecule has 2 heteroatoms. The lowest BCUT2D eigenvalue weighted by Gasteiger charge is -2.34. The fourth-order valence-corrected chi connectivity index (χ4v) is 3.09. The number of fused-ring (bicyclic) bond motifs is 1. The van der Waals surface area contributed by atoms with E-state index < -0.39 is 0 Å². The fourth-order valence-electron chi connectivity index (χ4n) is 2.86. The van der Waals surface area contributed by atoms with Crippen molar-refractivity contribution in [2.45, 2.75) is 18.9 Å². The zero-order chi connectivity index (χ0) is 12.8. The van der Waals surface area contributed by atoms with Gasteiger partial charge in [0.2, 0.25) is 0 Å². The van der Waals surface area contributed by atoms with Crippen molar-refractivity contribution in [3.05, 3.63) is 64.7 Å². The maximum Gasteiger partial charge on any atom is 0.0664 e. The highest BCUT2D eigenvalue weighted by molar-refractivity contribution is 6.31. The molecule has 0 aromatic heterocycles. The summed E-state index contributed by atoms with van der Waals surface area (Å²) in [4.78, 5) is 2.34. The van der Waals surface area contributed by atoms with Gasteiger partial charge in [-0.1, -0.05) is 48.0 Å². The van der Waals surface area contributed by atoms with Crippen LogP contribution < -0.4 is 4.90 Å². The van der Waals surface area contributed by atoms with Crippen LogP contribution in [0.5, 0.6) is 0 Å². The molecule has 1 nitrogen and oxygen atoms in total. The van der Waals surface area contributed by atoms with Crippen molar-refractivity contribution in [3.63, 3.8) is 0 Å². The van der Waals surface area contributed by atoms with Crippen molar-refractivity contribution < 1.29 is 0 Å². The molecule has 0 bridgehead atoms. The van der Waals surface area contributed by atoms with Crippen LogP contribution in [0.3, 0.4) is 0 Å². The van der Waals surface area contributed by atoms with Crippen LogP contribution in [-0.4, -0.2) is 7.05 Å². The number of rotatable bonds is 1. The van der Waals surface area contributed by atoms with E-state index in [1.54, 1.807) is 0 Å². The molecule has 3 rings (SSSR count). The molecule has 0 spiro atoms. The van der Waals surface area contributed by atoms with Crippen molar-refractivity contribution in [1.82, 2.24) is 0 Å². The lowest BCUT2D eigenvalue weighted by atomic mass is 9.88. The minimum Gasteiger partial charge on any atom is -0.365 e. The SMILES string of the molecule is CN1c2cccc(Cl)c2CC1(C)c1ccccc1. The van der Waals surface area contributed by atoms with Gasteiger partial charge in [0.15, 0.2) is 0 Å². The molecule has 92 valence electrons. The third-order valence-corrected chi connectivity index (χ3v) is 4.47. The molecule has 0 amide bonds. The minimum atomic E-state index is -0.00537. The smallest absolute Gasteiger partial charge is 0.0664 e. The second-order valence-corrected chi connectivity index (χ2v) is 5.52. The lowest BCUT2D eigenvalue weighted by molar-refractivity contribution is 0.491. The summed E-state index contributed by atoms with van der Waals surface area (Å²) < 4.78 is 0. The summed E-state index contributed by atoms with van der Waals surface area (Å²) in [7, 11) is 2.15. The number of halogens is 1. The topological polar surface area (TPSA) is 3.24 Å². The maximum absolute atomic E-state index is 6.32. The predicted octanol–water partition coefficient (Wildman–Crippen LogP) is 4.25. The van der Waals surface area contributed by atoms with Crippen molar-refractivity contribution >= 4 is 17.3 Å². The lowest BCUT2D eigenvalue weighted by Crippen LogP contribution is -2.38. The van der Waals surface area contributed by atoms with Gasteiger partial charge in [-0.05, 0) is 30.2 Å². The quantitative estimate of drug-likeness (QED) is 0.738. The van der Waals surface area contributed by atoms with E-state index in [9.17, 15) is 0 Å². The Morgan fingerprint density at radius 3 is 2.44 bits per heavy atom. The monoisotopic (exact) mass is 257 g/mol. The van der Waals surface area contributed by atoms with Crippen molar-refractivity contribution in [1.29, 1.82) is 0 Å². The first kappa shape index (κ1) is 11.6. The molecule has 1 aliphatic rings. The minimum absolute atomic E-state index is 0.00537. The first-order valence-electron chi connectivity index (χ1n) is 6.20. The van der Waals surface area contributed by atoms with Gasteiger partial charge in [0.25, 0.3) is 0 Å². The van der Waals surface area contributed by atoms with Gasteiger partial charge in [0.05, 0.1) is 5.54 Å². The highest BCUT2D eigenvalue weighted by Gasteiger charge is 2.39. The van der Waals surface area contributed by atoms with Gasteiger partial charge >= 0.3 is 0 Å². The molecule has 2 aromatic rings. The second kappa shape index (κ2) is 4.03. The highest BCUT2D eigenvalue weighted by Crippen LogP contribution is 2.45. The molecule has 0 fully saturated rings. The molecule has 1 heterocycles. The predicted molar refractivity (Wildman–Crippen MR) is 77.4 cm³/mol. The van der Waals surface area contributed by atoms with Crippen LogP contribution in [0.1, 0.15) is 18.1 Å². The summed E-state index contributed by atoms with van der Waals surface area (Å²) in [5, 5.41) is 0.874. The van der Waals surface area contributed by atoms with Gasteiger partial charge in [-0.15, -0.1) is 0 Å². The van der Waals surface area contributed by atoms with Gasteiger partial charge < -0.3 is 4.90 Å². The summed E-state index contributed by atoms with van der Waals surface area (Å²) in [6, 6.07) is 16.8. The van der Waals surface area contributed by atoms with Crippen LogP contribution in [-0.2, 0) is 12.0 Å². The summed E-state index contributed by atoms with van der Waals surface area (Å²) >= 11 is 6.32. The van der Waals surface area contributed by atoms with Gasteiger partial charge in [-0.3, -0.25) is 0 Å². The summed E-state index contributed by atoms with van der Waals surface area (Å²) in [6.45, 7) is 2.28. The third kappa shape index (κ3) is 1.54. The van der Waals surface area contributed by atoms with Crippen molar-refractivity contribution in [2.75, 3.05) is 11.9 Å².